The molecule has 0 bridgehead atoms. The Bertz CT molecular complexity index is 1700. The zero-order valence-electron chi connectivity index (χ0n) is 55.8. The second-order valence-corrected chi connectivity index (χ2v) is 28.5. The van der Waals surface area contributed by atoms with E-state index in [4.69, 9.17) is 37.0 Å². The van der Waals surface area contributed by atoms with E-state index in [2.05, 4.69) is 48.5 Å². The molecule has 0 fully saturated rings. The van der Waals surface area contributed by atoms with Crippen LogP contribution in [0.1, 0.15) is 331 Å². The minimum atomic E-state index is -4.95. The molecule has 0 aromatic rings. The molecule has 0 aliphatic rings. The Balaban J connectivity index is 5.24. The van der Waals surface area contributed by atoms with Gasteiger partial charge in [-0.15, -0.1) is 0 Å². The van der Waals surface area contributed by atoms with Gasteiger partial charge >= 0.3 is 39.5 Å². The van der Waals surface area contributed by atoms with Crippen molar-refractivity contribution in [3.63, 3.8) is 0 Å². The SMILES string of the molecule is CCCCCCCCCCCCCCCCCC(=O)O[C@H](COC(=O)CCCCCCCCCCC(C)C)COP(=O)(O)OC[C@@H](O)COP(=O)(O)OC[C@@H](COC(=O)CCCCCCCCC(C)C)OC(=O)CCCCCCCCCCC(C)C. The van der Waals surface area contributed by atoms with Crippen molar-refractivity contribution in [2.45, 2.75) is 349 Å². The molecule has 17 nitrogen and oxygen atoms in total. The van der Waals surface area contributed by atoms with Crippen LogP contribution in [0.4, 0.5) is 0 Å². The minimum absolute atomic E-state index is 0.103. The van der Waals surface area contributed by atoms with Crippen molar-refractivity contribution in [3.8, 4) is 0 Å². The maximum Gasteiger partial charge on any atom is 0.472 e. The Morgan fingerprint density at radius 1 is 0.314 bits per heavy atom. The fraction of sp³-hybridized carbons (Fsp3) is 0.940. The van der Waals surface area contributed by atoms with Crippen LogP contribution in [0.5, 0.6) is 0 Å². The van der Waals surface area contributed by atoms with Gasteiger partial charge in [0.05, 0.1) is 26.4 Å². The molecule has 0 aromatic carbocycles. The number of aliphatic hydroxyl groups excluding tert-OH is 1. The molecular weight excluding hydrogens is 1140 g/mol. The Morgan fingerprint density at radius 2 is 0.535 bits per heavy atom. The fourth-order valence-corrected chi connectivity index (χ4v) is 11.6. The summed E-state index contributed by atoms with van der Waals surface area (Å²) in [6.45, 7) is 11.7. The minimum Gasteiger partial charge on any atom is -0.462 e. The third kappa shape index (κ3) is 60.9. The van der Waals surface area contributed by atoms with E-state index in [1.165, 1.54) is 135 Å². The summed E-state index contributed by atoms with van der Waals surface area (Å²) in [4.78, 5) is 72.3. The lowest BCUT2D eigenvalue weighted by atomic mass is 10.0. The molecule has 0 saturated heterocycles. The highest BCUT2D eigenvalue weighted by Crippen LogP contribution is 2.45. The topological polar surface area (TPSA) is 237 Å². The number of hydrogen-bond donors (Lipinski definition) is 3. The summed E-state index contributed by atoms with van der Waals surface area (Å²) in [6, 6.07) is 0. The number of rotatable bonds is 65. The van der Waals surface area contributed by atoms with Crippen LogP contribution in [-0.4, -0.2) is 96.7 Å². The molecule has 510 valence electrons. The maximum absolute atomic E-state index is 13.0. The molecule has 0 aliphatic carbocycles. The van der Waals surface area contributed by atoms with E-state index in [1.807, 2.05) is 0 Å². The summed E-state index contributed by atoms with van der Waals surface area (Å²) in [5, 5.41) is 10.6. The molecule has 5 atom stereocenters. The number of carbonyl (C=O) groups is 4. The highest BCUT2D eigenvalue weighted by atomic mass is 31.2. The van der Waals surface area contributed by atoms with Gasteiger partial charge in [-0.25, -0.2) is 9.13 Å². The number of carbonyl (C=O) groups excluding carboxylic acids is 4. The van der Waals surface area contributed by atoms with E-state index in [0.29, 0.717) is 31.6 Å². The monoisotopic (exact) mass is 1270 g/mol. The zero-order valence-corrected chi connectivity index (χ0v) is 57.6. The average molecular weight is 1270 g/mol. The van der Waals surface area contributed by atoms with E-state index in [0.717, 1.165) is 108 Å². The second-order valence-electron chi connectivity index (χ2n) is 25.6. The molecule has 0 amide bonds. The highest BCUT2D eigenvalue weighted by molar-refractivity contribution is 7.47. The van der Waals surface area contributed by atoms with Crippen molar-refractivity contribution < 1.29 is 80.2 Å². The lowest BCUT2D eigenvalue weighted by Gasteiger charge is -2.21. The largest absolute Gasteiger partial charge is 0.472 e. The highest BCUT2D eigenvalue weighted by Gasteiger charge is 2.30. The molecule has 0 aromatic heterocycles. The fourth-order valence-electron chi connectivity index (χ4n) is 10.0. The van der Waals surface area contributed by atoms with Gasteiger partial charge in [-0.05, 0) is 43.4 Å². The van der Waals surface area contributed by atoms with Crippen LogP contribution in [0.3, 0.4) is 0 Å². The standard InChI is InChI=1S/C67H130O17P2/c1-8-9-10-11-12-13-14-15-16-17-18-19-27-36-43-50-66(71)83-62(54-77-64(69)48-41-34-26-22-20-24-31-38-45-58(2)3)56-81-85(73,74)79-52-61(68)53-80-86(75,76)82-57-63(55-78-65(70)49-42-35-30-29-33-40-47-60(6)7)84-67(72)51-44-37-28-23-21-25-32-39-46-59(4)5/h58-63,68H,8-57H2,1-7H3,(H,73,74)(H,75,76)/t61-,62-,63-/m1/s1. The van der Waals surface area contributed by atoms with Gasteiger partial charge in [-0.2, -0.15) is 0 Å². The lowest BCUT2D eigenvalue weighted by molar-refractivity contribution is -0.161. The molecule has 0 aliphatic heterocycles. The van der Waals surface area contributed by atoms with Crippen LogP contribution >= 0.6 is 15.6 Å². The molecule has 0 heterocycles. The number of phosphoric acid groups is 2. The molecule has 2 unspecified atom stereocenters. The number of phosphoric ester groups is 2. The predicted octanol–water partition coefficient (Wildman–Crippen LogP) is 18.7. The van der Waals surface area contributed by atoms with Gasteiger partial charge in [0.25, 0.3) is 0 Å². The average Bonchev–Trinajstić information content (AvgIpc) is 3.59. The summed E-state index contributed by atoms with van der Waals surface area (Å²) < 4.78 is 68.1. The predicted molar refractivity (Wildman–Crippen MR) is 344 cm³/mol. The summed E-state index contributed by atoms with van der Waals surface area (Å²) in [7, 11) is -9.89. The first-order valence-electron chi connectivity index (χ1n) is 34.8. The van der Waals surface area contributed by atoms with Gasteiger partial charge in [0.15, 0.2) is 12.2 Å². The van der Waals surface area contributed by atoms with E-state index < -0.39 is 97.5 Å². The molecule has 19 heteroatoms. The Labute approximate surface area is 524 Å². The molecular formula is C67H130O17P2. The number of aliphatic hydroxyl groups is 1. The first kappa shape index (κ1) is 84.1. The Kier molecular flexibility index (Phi) is 56.9. The number of esters is 4. The quantitative estimate of drug-likeness (QED) is 0.0222. The van der Waals surface area contributed by atoms with Crippen LogP contribution in [0.25, 0.3) is 0 Å². The lowest BCUT2D eigenvalue weighted by Crippen LogP contribution is -2.30. The molecule has 0 saturated carbocycles. The summed E-state index contributed by atoms with van der Waals surface area (Å²) in [5.41, 5.74) is 0. The summed E-state index contributed by atoms with van der Waals surface area (Å²) in [5.74, 6) is -0.00985. The molecule has 0 spiro atoms. The zero-order chi connectivity index (χ0) is 63.8. The van der Waals surface area contributed by atoms with Gasteiger partial charge < -0.3 is 33.8 Å². The second kappa shape index (κ2) is 58.2. The Morgan fingerprint density at radius 3 is 0.791 bits per heavy atom. The molecule has 3 N–H and O–H groups in total. The van der Waals surface area contributed by atoms with Crippen molar-refractivity contribution >= 4 is 39.5 Å². The van der Waals surface area contributed by atoms with E-state index in [1.54, 1.807) is 0 Å². The number of ether oxygens (including phenoxy) is 4. The Hall–Kier alpha value is -1.94. The normalized spacial score (nSPS) is 14.3. The van der Waals surface area contributed by atoms with Crippen LogP contribution in [-0.2, 0) is 65.4 Å². The molecule has 86 heavy (non-hydrogen) atoms. The van der Waals surface area contributed by atoms with E-state index in [9.17, 15) is 43.2 Å². The van der Waals surface area contributed by atoms with Crippen LogP contribution < -0.4 is 0 Å². The first-order chi connectivity index (χ1) is 41.2. The smallest absolute Gasteiger partial charge is 0.462 e. The summed E-state index contributed by atoms with van der Waals surface area (Å²) >= 11 is 0. The van der Waals surface area contributed by atoms with Crippen molar-refractivity contribution in [1.82, 2.24) is 0 Å². The van der Waals surface area contributed by atoms with Gasteiger partial charge in [0.1, 0.15) is 19.3 Å². The number of hydrogen-bond acceptors (Lipinski definition) is 15. The van der Waals surface area contributed by atoms with Gasteiger partial charge in [0, 0.05) is 25.7 Å². The van der Waals surface area contributed by atoms with Crippen LogP contribution in [0.2, 0.25) is 0 Å². The first-order valence-corrected chi connectivity index (χ1v) is 37.8. The third-order valence-electron chi connectivity index (χ3n) is 15.4. The van der Waals surface area contributed by atoms with E-state index in [-0.39, 0.29) is 25.7 Å². The van der Waals surface area contributed by atoms with Crippen molar-refractivity contribution in [3.05, 3.63) is 0 Å². The van der Waals surface area contributed by atoms with Gasteiger partial charge in [-0.3, -0.25) is 37.3 Å². The maximum atomic E-state index is 13.0. The van der Waals surface area contributed by atoms with Crippen molar-refractivity contribution in [1.29, 1.82) is 0 Å². The van der Waals surface area contributed by atoms with E-state index >= 15 is 0 Å². The molecule has 0 rings (SSSR count). The van der Waals surface area contributed by atoms with Crippen molar-refractivity contribution in [2.24, 2.45) is 17.8 Å². The summed E-state index contributed by atoms with van der Waals surface area (Å²) in [6.07, 6.45) is 40.5. The third-order valence-corrected chi connectivity index (χ3v) is 17.3. The van der Waals surface area contributed by atoms with Crippen LogP contribution in [0, 0.1) is 17.8 Å². The van der Waals surface area contributed by atoms with Gasteiger partial charge in [-0.1, -0.05) is 280 Å². The number of unbranched alkanes of at least 4 members (excludes halogenated alkanes) is 33. The molecule has 0 radical (unpaired) electrons. The van der Waals surface area contributed by atoms with Gasteiger partial charge in [0.2, 0.25) is 0 Å². The van der Waals surface area contributed by atoms with Crippen molar-refractivity contribution in [2.75, 3.05) is 39.6 Å². The van der Waals surface area contributed by atoms with Crippen LogP contribution in [0.15, 0.2) is 0 Å².